The third-order valence-electron chi connectivity index (χ3n) is 6.85. The number of amides is 4. The van der Waals surface area contributed by atoms with Crippen molar-refractivity contribution in [3.63, 3.8) is 0 Å². The maximum atomic E-state index is 15.1. The monoisotopic (exact) mass is 489 g/mol. The summed E-state index contributed by atoms with van der Waals surface area (Å²) in [4.78, 5) is 56.1. The van der Waals surface area contributed by atoms with E-state index in [9.17, 15) is 19.2 Å². The minimum atomic E-state index is -1.62. The van der Waals surface area contributed by atoms with Crippen LogP contribution in [0.5, 0.6) is 0 Å². The lowest BCUT2D eigenvalue weighted by atomic mass is 9.88. The standard InChI is InChI=1S/C24H20FN7O4/c25-24(15-5-7-26-8-6-15)12-30(13-24)23(36)18-11-32(29-28-18)16-1-2-17-14(9-16)10-31(22(17)35)19-3-4-20(33)27-21(19)34/h1-2,5-9,11,19H,3-4,10,12-13H2,(H,27,33,34). The van der Waals surface area contributed by atoms with E-state index in [4.69, 9.17) is 0 Å². The molecule has 2 fully saturated rings. The summed E-state index contributed by atoms with van der Waals surface area (Å²) in [6.07, 6.45) is 4.95. The SMILES string of the molecule is O=C1CCC(N2Cc3cc(-n4cc(C(=O)N5CC(F)(c6ccncc6)C5)nn4)ccc3C2=O)C(=O)N1. The normalized spacial score (nSPS) is 20.7. The smallest absolute Gasteiger partial charge is 0.276 e. The van der Waals surface area contributed by atoms with Crippen LogP contribution in [0.1, 0.15) is 44.8 Å². The molecule has 2 saturated heterocycles. The van der Waals surface area contributed by atoms with Crippen LogP contribution in [0.4, 0.5) is 4.39 Å². The number of aromatic nitrogens is 4. The second kappa shape index (κ2) is 8.04. The molecule has 0 spiro atoms. The summed E-state index contributed by atoms with van der Waals surface area (Å²) in [5.41, 5.74) is 0.690. The van der Waals surface area contributed by atoms with Gasteiger partial charge in [0.2, 0.25) is 11.8 Å². The molecular formula is C24H20FN7O4. The van der Waals surface area contributed by atoms with Crippen molar-refractivity contribution >= 4 is 23.6 Å². The Morgan fingerprint density at radius 3 is 2.64 bits per heavy atom. The van der Waals surface area contributed by atoms with E-state index in [2.05, 4.69) is 20.6 Å². The summed E-state index contributed by atoms with van der Waals surface area (Å²) in [6.45, 7) is 0.0514. The van der Waals surface area contributed by atoms with Crippen molar-refractivity contribution in [1.82, 2.24) is 35.1 Å². The van der Waals surface area contributed by atoms with Crippen LogP contribution in [-0.4, -0.2) is 72.5 Å². The summed E-state index contributed by atoms with van der Waals surface area (Å²) in [5, 5.41) is 10.3. The Morgan fingerprint density at radius 2 is 1.89 bits per heavy atom. The molecule has 11 nitrogen and oxygen atoms in total. The molecule has 3 aromatic rings. The van der Waals surface area contributed by atoms with Gasteiger partial charge in [-0.2, -0.15) is 0 Å². The number of imide groups is 1. The number of alkyl halides is 1. The van der Waals surface area contributed by atoms with Gasteiger partial charge in [-0.15, -0.1) is 5.10 Å². The Balaban J connectivity index is 1.16. The molecule has 1 atom stereocenters. The second-order valence-corrected chi connectivity index (χ2v) is 9.15. The number of nitrogens with zero attached hydrogens (tertiary/aromatic N) is 6. The number of hydrogen-bond donors (Lipinski definition) is 1. The zero-order valence-corrected chi connectivity index (χ0v) is 18.9. The number of benzene rings is 1. The Kier molecular flexibility index (Phi) is 4.92. The van der Waals surface area contributed by atoms with E-state index in [1.54, 1.807) is 30.3 Å². The topological polar surface area (TPSA) is 130 Å². The largest absolute Gasteiger partial charge is 0.330 e. The number of hydrogen-bond acceptors (Lipinski definition) is 7. The average molecular weight is 489 g/mol. The minimum Gasteiger partial charge on any atom is -0.330 e. The van der Waals surface area contributed by atoms with Crippen molar-refractivity contribution < 1.29 is 23.6 Å². The van der Waals surface area contributed by atoms with Gasteiger partial charge in [-0.1, -0.05) is 5.21 Å². The van der Waals surface area contributed by atoms with Gasteiger partial charge in [-0.05, 0) is 47.9 Å². The molecule has 182 valence electrons. The van der Waals surface area contributed by atoms with Gasteiger partial charge in [0, 0.05) is 30.9 Å². The van der Waals surface area contributed by atoms with Crippen LogP contribution in [0.15, 0.2) is 48.9 Å². The molecule has 3 aliphatic heterocycles. The van der Waals surface area contributed by atoms with E-state index in [1.165, 1.54) is 33.1 Å². The van der Waals surface area contributed by atoms with Gasteiger partial charge >= 0.3 is 0 Å². The van der Waals surface area contributed by atoms with Gasteiger partial charge in [0.05, 0.1) is 25.0 Å². The van der Waals surface area contributed by atoms with Crippen molar-refractivity contribution in [1.29, 1.82) is 0 Å². The van der Waals surface area contributed by atoms with Crippen LogP contribution in [-0.2, 0) is 21.8 Å². The molecule has 0 saturated carbocycles. The van der Waals surface area contributed by atoms with Crippen LogP contribution in [0.3, 0.4) is 0 Å². The zero-order chi connectivity index (χ0) is 25.0. The molecule has 0 bridgehead atoms. The summed E-state index contributed by atoms with van der Waals surface area (Å²) < 4.78 is 16.5. The summed E-state index contributed by atoms with van der Waals surface area (Å²) in [6, 6.07) is 7.56. The van der Waals surface area contributed by atoms with E-state index in [0.717, 1.165) is 0 Å². The first-order valence-corrected chi connectivity index (χ1v) is 11.4. The van der Waals surface area contributed by atoms with E-state index in [0.29, 0.717) is 22.4 Å². The van der Waals surface area contributed by atoms with Crippen molar-refractivity contribution in [2.75, 3.05) is 13.1 Å². The predicted octanol–water partition coefficient (Wildman–Crippen LogP) is 0.744. The predicted molar refractivity (Wildman–Crippen MR) is 120 cm³/mol. The number of rotatable bonds is 4. The zero-order valence-electron chi connectivity index (χ0n) is 18.9. The number of carbonyl (C=O) groups excluding carboxylic acids is 4. The van der Waals surface area contributed by atoms with Crippen LogP contribution in [0, 0.1) is 0 Å². The number of halogens is 1. The fraction of sp³-hybridized carbons (Fsp3) is 0.292. The van der Waals surface area contributed by atoms with Crippen molar-refractivity contribution in [3.8, 4) is 5.69 Å². The number of nitrogens with one attached hydrogen (secondary N) is 1. The lowest BCUT2D eigenvalue weighted by Gasteiger charge is -2.44. The number of carbonyl (C=O) groups is 4. The summed E-state index contributed by atoms with van der Waals surface area (Å²) in [7, 11) is 0. The Labute approximate surface area is 203 Å². The highest BCUT2D eigenvalue weighted by Gasteiger charge is 2.48. The molecule has 36 heavy (non-hydrogen) atoms. The van der Waals surface area contributed by atoms with Gasteiger partial charge in [-0.25, -0.2) is 9.07 Å². The number of pyridine rings is 1. The van der Waals surface area contributed by atoms with Crippen LogP contribution >= 0.6 is 0 Å². The Hall–Kier alpha value is -4.48. The van der Waals surface area contributed by atoms with Crippen LogP contribution in [0.2, 0.25) is 0 Å². The number of fused-ring (bicyclic) bond motifs is 1. The summed E-state index contributed by atoms with van der Waals surface area (Å²) >= 11 is 0. The molecule has 5 heterocycles. The van der Waals surface area contributed by atoms with E-state index < -0.39 is 23.5 Å². The molecule has 6 rings (SSSR count). The molecule has 3 aliphatic rings. The average Bonchev–Trinajstić information content (AvgIpc) is 3.47. The molecular weight excluding hydrogens is 469 g/mol. The molecule has 2 aromatic heterocycles. The van der Waals surface area contributed by atoms with E-state index in [-0.39, 0.29) is 50.0 Å². The van der Waals surface area contributed by atoms with Crippen LogP contribution < -0.4 is 5.32 Å². The fourth-order valence-corrected chi connectivity index (χ4v) is 4.89. The molecule has 1 N–H and O–H groups in total. The number of piperidine rings is 1. The van der Waals surface area contributed by atoms with Gasteiger partial charge in [0.1, 0.15) is 6.04 Å². The maximum Gasteiger partial charge on any atom is 0.276 e. The highest BCUT2D eigenvalue weighted by molar-refractivity contribution is 6.05. The molecule has 1 unspecified atom stereocenters. The van der Waals surface area contributed by atoms with Crippen molar-refractivity contribution in [3.05, 3.63) is 71.3 Å². The first-order chi connectivity index (χ1) is 17.3. The maximum absolute atomic E-state index is 15.1. The molecule has 4 amide bonds. The van der Waals surface area contributed by atoms with Crippen molar-refractivity contribution in [2.24, 2.45) is 0 Å². The van der Waals surface area contributed by atoms with E-state index in [1.807, 2.05) is 0 Å². The summed E-state index contributed by atoms with van der Waals surface area (Å²) in [5.74, 6) is -1.52. The third kappa shape index (κ3) is 3.53. The lowest BCUT2D eigenvalue weighted by molar-refractivity contribution is -0.136. The first kappa shape index (κ1) is 22.0. The molecule has 1 aromatic carbocycles. The quantitative estimate of drug-likeness (QED) is 0.535. The fourth-order valence-electron chi connectivity index (χ4n) is 4.89. The Bertz CT molecular complexity index is 1420. The van der Waals surface area contributed by atoms with Gasteiger partial charge in [-0.3, -0.25) is 29.5 Å². The highest BCUT2D eigenvalue weighted by atomic mass is 19.1. The van der Waals surface area contributed by atoms with Gasteiger partial charge in [0.15, 0.2) is 11.4 Å². The molecule has 12 heteroatoms. The minimum absolute atomic E-state index is 0.0773. The lowest BCUT2D eigenvalue weighted by Crippen LogP contribution is -2.58. The van der Waals surface area contributed by atoms with Crippen LogP contribution in [0.25, 0.3) is 5.69 Å². The van der Waals surface area contributed by atoms with Gasteiger partial charge < -0.3 is 9.80 Å². The number of likely N-dealkylation sites (tertiary alicyclic amines) is 1. The highest BCUT2D eigenvalue weighted by Crippen LogP contribution is 2.36. The van der Waals surface area contributed by atoms with E-state index >= 15 is 4.39 Å². The first-order valence-electron chi connectivity index (χ1n) is 11.4. The molecule has 0 radical (unpaired) electrons. The Morgan fingerprint density at radius 1 is 1.11 bits per heavy atom. The third-order valence-corrected chi connectivity index (χ3v) is 6.85. The van der Waals surface area contributed by atoms with Crippen molar-refractivity contribution in [2.45, 2.75) is 31.1 Å². The molecule has 0 aliphatic carbocycles. The second-order valence-electron chi connectivity index (χ2n) is 9.15. The van der Waals surface area contributed by atoms with Gasteiger partial charge in [0.25, 0.3) is 11.8 Å².